The van der Waals surface area contributed by atoms with E-state index in [-0.39, 0.29) is 20.1 Å². The summed E-state index contributed by atoms with van der Waals surface area (Å²) in [5.74, 6) is 2.49. The van der Waals surface area contributed by atoms with Gasteiger partial charge in [-0.05, 0) is 71.9 Å². The Morgan fingerprint density at radius 3 is 2.05 bits per heavy atom. The second kappa shape index (κ2) is 17.1. The Kier molecular flexibility index (Phi) is 15.4. The van der Waals surface area contributed by atoms with Crippen molar-refractivity contribution >= 4 is 10.9 Å². The number of aliphatic hydroxyl groups excluding tert-OH is 2. The monoisotopic (exact) mass is 723 g/mol. The van der Waals surface area contributed by atoms with Crippen molar-refractivity contribution in [1.82, 2.24) is 4.98 Å². The maximum absolute atomic E-state index is 9.47. The Bertz CT molecular complexity index is 1210. The molecule has 0 amide bonds. The molecule has 0 bridgehead atoms. The van der Waals surface area contributed by atoms with Crippen LogP contribution in [0.1, 0.15) is 90.5 Å². The van der Waals surface area contributed by atoms with Crippen LogP contribution in [-0.2, 0) is 32.9 Å². The number of hydrogen-bond acceptors (Lipinski definition) is 3. The number of aliphatic hydroxyl groups is 2. The molecular weight excluding hydrogens is 671 g/mol. The average molecular weight is 723 g/mol. The van der Waals surface area contributed by atoms with Crippen molar-refractivity contribution in [3.63, 3.8) is 0 Å². The minimum Gasteiger partial charge on any atom is -0.513 e. The molecule has 1 radical (unpaired) electrons. The average Bonchev–Trinajstić information content (AvgIpc) is 2.76. The number of pyridine rings is 1. The van der Waals surface area contributed by atoms with Gasteiger partial charge in [-0.3, -0.25) is 4.98 Å². The molecule has 40 heavy (non-hydrogen) atoms. The van der Waals surface area contributed by atoms with Crippen LogP contribution in [0.15, 0.2) is 48.2 Å². The van der Waals surface area contributed by atoms with Gasteiger partial charge in [-0.2, -0.15) is 0 Å². The molecule has 1 aromatic heterocycles. The van der Waals surface area contributed by atoms with Gasteiger partial charge in [0, 0.05) is 31.9 Å². The van der Waals surface area contributed by atoms with Crippen LogP contribution in [-0.4, -0.2) is 21.3 Å². The van der Waals surface area contributed by atoms with Crippen LogP contribution in [0.4, 0.5) is 0 Å². The second-order valence-corrected chi connectivity index (χ2v) is 12.9. The molecule has 3 nitrogen and oxygen atoms in total. The molecule has 223 valence electrons. The van der Waals surface area contributed by atoms with E-state index in [2.05, 4.69) is 97.9 Å². The molecule has 0 aliphatic heterocycles. The summed E-state index contributed by atoms with van der Waals surface area (Å²) in [4.78, 5) is 5.03. The molecule has 1 heterocycles. The van der Waals surface area contributed by atoms with E-state index >= 15 is 0 Å². The van der Waals surface area contributed by atoms with Gasteiger partial charge >= 0.3 is 0 Å². The smallest absolute Gasteiger partial charge is 0.0911 e. The molecule has 0 saturated heterocycles. The number of fused-ring (bicyclic) bond motifs is 1. The van der Waals surface area contributed by atoms with Crippen molar-refractivity contribution in [3.05, 3.63) is 76.6 Å². The van der Waals surface area contributed by atoms with E-state index in [0.717, 1.165) is 35.2 Å². The third-order valence-corrected chi connectivity index (χ3v) is 6.36. The molecule has 1 atom stereocenters. The van der Waals surface area contributed by atoms with Gasteiger partial charge in [-0.25, -0.2) is 0 Å². The van der Waals surface area contributed by atoms with Gasteiger partial charge in [-0.1, -0.05) is 87.4 Å². The predicted molar refractivity (Wildman–Crippen MR) is 168 cm³/mol. The zero-order chi connectivity index (χ0) is 29.3. The maximum Gasteiger partial charge on any atom is 0.0911 e. The van der Waals surface area contributed by atoms with Crippen molar-refractivity contribution in [1.29, 1.82) is 0 Å². The van der Waals surface area contributed by atoms with E-state index in [1.54, 1.807) is 6.08 Å². The number of aromatic nitrogens is 1. The molecule has 0 fully saturated rings. The number of allylic oxidation sites excluding steroid dienone is 1. The molecule has 0 aliphatic carbocycles. The van der Waals surface area contributed by atoms with Crippen LogP contribution in [0.3, 0.4) is 0 Å². The summed E-state index contributed by atoms with van der Waals surface area (Å²) in [5.41, 5.74) is 8.46. The summed E-state index contributed by atoms with van der Waals surface area (Å²) in [6.45, 7) is 21.5. The maximum atomic E-state index is 9.47. The minimum atomic E-state index is -0.501. The SMILES string of the molecule is CC(C)CC(O)=CC(O)CC(C)C.Cc1[c-]c(-c2ccc3c(CC(C)C)cc(CC(C)C)cc3n2)cc(C)c1.[Ir]. The fourth-order valence-corrected chi connectivity index (χ4v) is 5.02. The molecule has 3 rings (SSSR count). The number of rotatable bonds is 10. The van der Waals surface area contributed by atoms with Crippen molar-refractivity contribution in [2.24, 2.45) is 23.7 Å². The first-order chi connectivity index (χ1) is 18.2. The van der Waals surface area contributed by atoms with E-state index in [4.69, 9.17) is 4.98 Å². The second-order valence-electron chi connectivity index (χ2n) is 12.9. The fraction of sp³-hybridized carbons (Fsp3) is 0.528. The number of aryl methyl sites for hydroxylation is 2. The number of benzene rings is 2. The first kappa shape index (κ1) is 36.0. The quantitative estimate of drug-likeness (QED) is 0.162. The molecule has 3 aromatic rings. The first-order valence-corrected chi connectivity index (χ1v) is 14.7. The van der Waals surface area contributed by atoms with E-state index in [1.165, 1.54) is 22.1 Å². The van der Waals surface area contributed by atoms with Gasteiger partial charge in [0.05, 0.1) is 17.4 Å². The predicted octanol–water partition coefficient (Wildman–Crippen LogP) is 9.59. The Labute approximate surface area is 257 Å². The van der Waals surface area contributed by atoms with Gasteiger partial charge in [0.25, 0.3) is 0 Å². The Morgan fingerprint density at radius 1 is 0.850 bits per heavy atom. The molecule has 0 aliphatic rings. The Hall–Kier alpha value is -2.00. The molecule has 0 saturated carbocycles. The van der Waals surface area contributed by atoms with Crippen LogP contribution in [0, 0.1) is 43.6 Å². The van der Waals surface area contributed by atoms with Gasteiger partial charge in [0.1, 0.15) is 0 Å². The standard InChI is InChI=1S/C25H30N.C11H22O2.Ir/c1-16(2)9-20-14-21(10-17(3)4)23-7-8-24(26-25(23)15-20)22-12-18(5)11-19(6)13-22;1-8(2)5-10(12)7-11(13)6-9(3)4;/h7-8,11-12,14-17H,9-10H2,1-6H3;7-10,12-13H,5-6H2,1-4H3;/q-1;;. The van der Waals surface area contributed by atoms with Gasteiger partial charge < -0.3 is 10.2 Å². The summed E-state index contributed by atoms with van der Waals surface area (Å²) in [6.07, 6.45) is 4.61. The molecule has 0 spiro atoms. The number of nitrogens with zero attached hydrogens (tertiary/aromatic N) is 1. The summed E-state index contributed by atoms with van der Waals surface area (Å²) in [7, 11) is 0. The topological polar surface area (TPSA) is 53.4 Å². The van der Waals surface area contributed by atoms with Gasteiger partial charge in [-0.15, -0.1) is 34.9 Å². The molecule has 2 aromatic carbocycles. The van der Waals surface area contributed by atoms with Gasteiger partial charge in [0.15, 0.2) is 0 Å². The van der Waals surface area contributed by atoms with Crippen molar-refractivity contribution in [3.8, 4) is 11.3 Å². The van der Waals surface area contributed by atoms with E-state index < -0.39 is 6.10 Å². The molecule has 1 unspecified atom stereocenters. The number of hydrogen-bond donors (Lipinski definition) is 2. The van der Waals surface area contributed by atoms with Crippen LogP contribution < -0.4 is 0 Å². The van der Waals surface area contributed by atoms with Gasteiger partial charge in [0.2, 0.25) is 0 Å². The van der Waals surface area contributed by atoms with Crippen LogP contribution in [0.5, 0.6) is 0 Å². The Balaban J connectivity index is 0.000000489. The zero-order valence-corrected chi connectivity index (χ0v) is 28.8. The molecule has 4 heteroatoms. The van der Waals surface area contributed by atoms with Crippen LogP contribution >= 0.6 is 0 Å². The Morgan fingerprint density at radius 2 is 1.50 bits per heavy atom. The summed E-state index contributed by atoms with van der Waals surface area (Å²) >= 11 is 0. The fourth-order valence-electron chi connectivity index (χ4n) is 5.02. The summed E-state index contributed by atoms with van der Waals surface area (Å²) in [6, 6.07) is 16.9. The van der Waals surface area contributed by atoms with Crippen molar-refractivity contribution < 1.29 is 30.3 Å². The first-order valence-electron chi connectivity index (χ1n) is 14.7. The largest absolute Gasteiger partial charge is 0.513 e. The van der Waals surface area contributed by atoms with Crippen LogP contribution in [0.25, 0.3) is 22.2 Å². The molecule has 2 N–H and O–H groups in total. The van der Waals surface area contributed by atoms with E-state index in [1.807, 2.05) is 13.8 Å². The third-order valence-electron chi connectivity index (χ3n) is 6.36. The van der Waals surface area contributed by atoms with Crippen molar-refractivity contribution in [2.75, 3.05) is 0 Å². The van der Waals surface area contributed by atoms with E-state index in [0.29, 0.717) is 42.3 Å². The summed E-state index contributed by atoms with van der Waals surface area (Å²) in [5, 5.41) is 20.2. The minimum absolute atomic E-state index is 0. The third kappa shape index (κ3) is 12.7. The normalized spacial score (nSPS) is 12.6. The molecular formula is C36H52IrNO2-. The van der Waals surface area contributed by atoms with E-state index in [9.17, 15) is 10.2 Å². The zero-order valence-electron chi connectivity index (χ0n) is 26.4. The van der Waals surface area contributed by atoms with Crippen LogP contribution in [0.2, 0.25) is 0 Å². The van der Waals surface area contributed by atoms with Crippen molar-refractivity contribution in [2.45, 2.75) is 101 Å². The summed E-state index contributed by atoms with van der Waals surface area (Å²) < 4.78 is 0.